The fraction of sp³-hybridized carbons (Fsp3) is 0.125. The number of hydrogen-bond donors (Lipinski definition) is 1. The zero-order valence-corrected chi connectivity index (χ0v) is 13.5. The number of pyridine rings is 1. The summed E-state index contributed by atoms with van der Waals surface area (Å²) in [6, 6.07) is 10.1. The predicted octanol–water partition coefficient (Wildman–Crippen LogP) is 2.47. The van der Waals surface area contributed by atoms with E-state index in [4.69, 9.17) is 0 Å². The maximum Gasteiger partial charge on any atom is 0.261 e. The Balaban J connectivity index is 1.61. The number of imide groups is 1. The molecule has 3 rings (SSSR count). The van der Waals surface area contributed by atoms with Crippen molar-refractivity contribution in [1.82, 2.24) is 9.88 Å². The second kappa shape index (κ2) is 6.29. The number of halogens is 1. The lowest BCUT2D eigenvalue weighted by Crippen LogP contribution is -2.32. The highest BCUT2D eigenvalue weighted by atomic mass is 79.9. The second-order valence-corrected chi connectivity index (χ2v) is 5.79. The van der Waals surface area contributed by atoms with Crippen molar-refractivity contribution >= 4 is 39.3 Å². The number of carbonyl (C=O) groups excluding carboxylic acids is 3. The Morgan fingerprint density at radius 1 is 1.09 bits per heavy atom. The molecule has 0 saturated carbocycles. The van der Waals surface area contributed by atoms with Crippen LogP contribution in [0.5, 0.6) is 0 Å². The van der Waals surface area contributed by atoms with Crippen LogP contribution in [0.4, 0.5) is 5.69 Å². The van der Waals surface area contributed by atoms with E-state index < -0.39 is 0 Å². The molecular weight excluding hydrogens is 362 g/mol. The molecule has 2 aromatic rings. The summed E-state index contributed by atoms with van der Waals surface area (Å²) < 4.78 is 0.668. The van der Waals surface area contributed by atoms with Crippen LogP contribution < -0.4 is 5.32 Å². The van der Waals surface area contributed by atoms with E-state index in [0.717, 1.165) is 4.90 Å². The minimum atomic E-state index is -0.358. The molecule has 0 spiro atoms. The third-order valence-electron chi connectivity index (χ3n) is 3.45. The molecule has 6 nitrogen and oxygen atoms in total. The lowest BCUT2D eigenvalue weighted by molar-refractivity contribution is -0.116. The summed E-state index contributed by atoms with van der Waals surface area (Å²) in [6.07, 6.45) is 1.55. The Kier molecular flexibility index (Phi) is 4.20. The summed E-state index contributed by atoms with van der Waals surface area (Å²) in [7, 11) is 0. The lowest BCUT2D eigenvalue weighted by atomic mass is 10.1. The Morgan fingerprint density at radius 2 is 1.74 bits per heavy atom. The van der Waals surface area contributed by atoms with Gasteiger partial charge in [0.15, 0.2) is 0 Å². The highest BCUT2D eigenvalue weighted by Crippen LogP contribution is 2.22. The largest absolute Gasteiger partial charge is 0.325 e. The zero-order chi connectivity index (χ0) is 16.4. The molecule has 23 heavy (non-hydrogen) atoms. The molecule has 2 heterocycles. The molecule has 7 heteroatoms. The molecule has 1 aliphatic heterocycles. The van der Waals surface area contributed by atoms with E-state index in [0.29, 0.717) is 21.4 Å². The second-order valence-electron chi connectivity index (χ2n) is 4.98. The maximum absolute atomic E-state index is 12.2. The molecule has 0 radical (unpaired) electrons. The van der Waals surface area contributed by atoms with Crippen LogP contribution in [0.15, 0.2) is 47.2 Å². The Morgan fingerprint density at radius 3 is 2.30 bits per heavy atom. The van der Waals surface area contributed by atoms with E-state index in [1.807, 2.05) is 0 Å². The molecule has 1 aromatic carbocycles. The first-order valence-electron chi connectivity index (χ1n) is 6.93. The molecule has 1 N–H and O–H groups in total. The third kappa shape index (κ3) is 3.14. The van der Waals surface area contributed by atoms with Crippen LogP contribution in [0.1, 0.15) is 27.1 Å². The summed E-state index contributed by atoms with van der Waals surface area (Å²) in [6.45, 7) is 0.0438. The van der Waals surface area contributed by atoms with Gasteiger partial charge >= 0.3 is 0 Å². The first-order valence-corrected chi connectivity index (χ1v) is 7.72. The van der Waals surface area contributed by atoms with Gasteiger partial charge in [0.05, 0.1) is 23.0 Å². The van der Waals surface area contributed by atoms with E-state index in [1.54, 1.807) is 36.4 Å². The number of rotatable bonds is 4. The van der Waals surface area contributed by atoms with Gasteiger partial charge in [-0.1, -0.05) is 12.1 Å². The number of anilines is 1. The highest BCUT2D eigenvalue weighted by Gasteiger charge is 2.34. The minimum absolute atomic E-state index is 0.0293. The van der Waals surface area contributed by atoms with Gasteiger partial charge in [-0.3, -0.25) is 19.3 Å². The Hall–Kier alpha value is -2.54. The average molecular weight is 374 g/mol. The number of aromatic nitrogens is 1. The highest BCUT2D eigenvalue weighted by molar-refractivity contribution is 9.10. The van der Waals surface area contributed by atoms with Crippen molar-refractivity contribution in [3.8, 4) is 0 Å². The van der Waals surface area contributed by atoms with Gasteiger partial charge in [0, 0.05) is 13.0 Å². The quantitative estimate of drug-likeness (QED) is 0.659. The van der Waals surface area contributed by atoms with E-state index in [-0.39, 0.29) is 30.7 Å². The van der Waals surface area contributed by atoms with Crippen molar-refractivity contribution in [2.45, 2.75) is 6.42 Å². The molecule has 0 unspecified atom stereocenters. The lowest BCUT2D eigenvalue weighted by Gasteiger charge is -2.13. The normalized spacial score (nSPS) is 13.2. The number of nitrogens with zero attached hydrogens (tertiary/aromatic N) is 2. The summed E-state index contributed by atoms with van der Waals surface area (Å²) >= 11 is 3.21. The van der Waals surface area contributed by atoms with Gasteiger partial charge in [0.25, 0.3) is 11.8 Å². The van der Waals surface area contributed by atoms with Crippen molar-refractivity contribution in [2.75, 3.05) is 11.9 Å². The number of amides is 3. The fourth-order valence-corrected chi connectivity index (χ4v) is 2.56. The third-order valence-corrected chi connectivity index (χ3v) is 3.92. The van der Waals surface area contributed by atoms with Crippen molar-refractivity contribution in [3.05, 3.63) is 58.3 Å². The topological polar surface area (TPSA) is 79.4 Å². The molecule has 3 amide bonds. The number of carbonyl (C=O) groups is 3. The Bertz CT molecular complexity index is 754. The van der Waals surface area contributed by atoms with E-state index in [9.17, 15) is 14.4 Å². The number of benzene rings is 1. The van der Waals surface area contributed by atoms with Crippen LogP contribution in [0.25, 0.3) is 0 Å². The average Bonchev–Trinajstić information content (AvgIpc) is 2.80. The molecule has 0 bridgehead atoms. The van der Waals surface area contributed by atoms with Crippen LogP contribution in [-0.2, 0) is 4.79 Å². The van der Waals surface area contributed by atoms with Gasteiger partial charge < -0.3 is 5.32 Å². The zero-order valence-electron chi connectivity index (χ0n) is 12.0. The van der Waals surface area contributed by atoms with Crippen molar-refractivity contribution in [3.63, 3.8) is 0 Å². The molecule has 0 fully saturated rings. The monoisotopic (exact) mass is 373 g/mol. The van der Waals surface area contributed by atoms with Crippen LogP contribution in [-0.4, -0.2) is 34.2 Å². The van der Waals surface area contributed by atoms with Crippen LogP contribution in [0, 0.1) is 0 Å². The van der Waals surface area contributed by atoms with E-state index >= 15 is 0 Å². The maximum atomic E-state index is 12.2. The SMILES string of the molecule is O=C(CCN1C(=O)c2ccccc2C1=O)Nc1ccc(Br)nc1. The van der Waals surface area contributed by atoms with Crippen LogP contribution in [0.2, 0.25) is 0 Å². The molecule has 0 aliphatic carbocycles. The van der Waals surface area contributed by atoms with Crippen molar-refractivity contribution in [1.29, 1.82) is 0 Å². The van der Waals surface area contributed by atoms with Gasteiger partial charge in [-0.05, 0) is 40.2 Å². The van der Waals surface area contributed by atoms with Gasteiger partial charge in [0.2, 0.25) is 5.91 Å². The molecule has 116 valence electrons. The molecular formula is C16H12BrN3O3. The fourth-order valence-electron chi connectivity index (χ4n) is 2.33. The number of hydrogen-bond acceptors (Lipinski definition) is 4. The summed E-state index contributed by atoms with van der Waals surface area (Å²) in [5.74, 6) is -1.00. The number of fused-ring (bicyclic) bond motifs is 1. The standard InChI is InChI=1S/C16H12BrN3O3/c17-13-6-5-10(9-18-13)19-14(21)7-8-20-15(22)11-3-1-2-4-12(11)16(20)23/h1-6,9H,7-8H2,(H,19,21). The minimum Gasteiger partial charge on any atom is -0.325 e. The smallest absolute Gasteiger partial charge is 0.261 e. The molecule has 0 saturated heterocycles. The van der Waals surface area contributed by atoms with Crippen molar-refractivity contribution < 1.29 is 14.4 Å². The molecule has 1 aliphatic rings. The first kappa shape index (κ1) is 15.4. The van der Waals surface area contributed by atoms with E-state index in [2.05, 4.69) is 26.2 Å². The summed E-state index contributed by atoms with van der Waals surface area (Å²) in [5, 5.41) is 2.67. The molecule has 1 aromatic heterocycles. The van der Waals surface area contributed by atoms with Gasteiger partial charge in [0.1, 0.15) is 4.60 Å². The van der Waals surface area contributed by atoms with Crippen LogP contribution >= 0.6 is 15.9 Å². The van der Waals surface area contributed by atoms with E-state index in [1.165, 1.54) is 6.20 Å². The van der Waals surface area contributed by atoms with Gasteiger partial charge in [-0.2, -0.15) is 0 Å². The van der Waals surface area contributed by atoms with Crippen molar-refractivity contribution in [2.24, 2.45) is 0 Å². The molecule has 0 atom stereocenters. The summed E-state index contributed by atoms with van der Waals surface area (Å²) in [4.78, 5) is 41.4. The number of nitrogens with one attached hydrogen (secondary N) is 1. The van der Waals surface area contributed by atoms with Gasteiger partial charge in [-0.25, -0.2) is 4.98 Å². The Labute approximate surface area is 140 Å². The van der Waals surface area contributed by atoms with Gasteiger partial charge in [-0.15, -0.1) is 0 Å². The van der Waals surface area contributed by atoms with Crippen LogP contribution in [0.3, 0.4) is 0 Å². The predicted molar refractivity (Wildman–Crippen MR) is 87.0 cm³/mol. The summed E-state index contributed by atoms with van der Waals surface area (Å²) in [5.41, 5.74) is 1.32. The first-order chi connectivity index (χ1) is 11.1.